The predicted molar refractivity (Wildman–Crippen MR) is 59.6 cm³/mol. The molecule has 0 aromatic heterocycles. The number of benzene rings is 1. The van der Waals surface area contributed by atoms with Crippen LogP contribution in [0.1, 0.15) is 18.1 Å². The van der Waals surface area contributed by atoms with E-state index in [2.05, 4.69) is 4.90 Å². The van der Waals surface area contributed by atoms with Gasteiger partial charge in [0.1, 0.15) is 0 Å². The lowest BCUT2D eigenvalue weighted by Gasteiger charge is -2.17. The van der Waals surface area contributed by atoms with E-state index in [1.165, 1.54) is 12.1 Å². The highest BCUT2D eigenvalue weighted by molar-refractivity contribution is 5.78. The van der Waals surface area contributed by atoms with Crippen molar-refractivity contribution in [1.82, 2.24) is 0 Å². The molecule has 1 N–H and O–H groups in total. The second kappa shape index (κ2) is 3.98. The number of hydrogen-bond donors (Lipinski definition) is 1. The maximum atomic E-state index is 13.3. The van der Waals surface area contributed by atoms with Crippen molar-refractivity contribution >= 4 is 11.7 Å². The zero-order valence-corrected chi connectivity index (χ0v) is 9.41. The Morgan fingerprint density at radius 2 is 2.24 bits per heavy atom. The molecule has 2 rings (SSSR count). The summed E-state index contributed by atoms with van der Waals surface area (Å²) in [7, 11) is 0. The van der Waals surface area contributed by atoms with Crippen molar-refractivity contribution in [3.63, 3.8) is 0 Å². The van der Waals surface area contributed by atoms with Crippen LogP contribution in [0.5, 0.6) is 0 Å². The molecule has 92 valence electrons. The van der Waals surface area contributed by atoms with Gasteiger partial charge in [-0.3, -0.25) is 0 Å². The Labute approximate surface area is 97.7 Å². The van der Waals surface area contributed by atoms with Crippen LogP contribution in [0.25, 0.3) is 0 Å². The summed E-state index contributed by atoms with van der Waals surface area (Å²) in [5.41, 5.74) is 1.28. The Bertz CT molecular complexity index is 460. The van der Waals surface area contributed by atoms with Crippen LogP contribution in [0.15, 0.2) is 18.2 Å². The number of hydrogen-bond acceptors (Lipinski definition) is 2. The molecule has 5 heteroatoms. The molecule has 1 aliphatic rings. The first-order valence-electron chi connectivity index (χ1n) is 5.46. The topological polar surface area (TPSA) is 40.5 Å². The molecule has 1 heterocycles. The number of nitrogens with zero attached hydrogens (tertiary/aromatic N) is 1. The average molecular weight is 241 g/mol. The largest absolute Gasteiger partial charge is 0.477 e. The summed E-state index contributed by atoms with van der Waals surface area (Å²) in [5, 5.41) is 8.48. The van der Waals surface area contributed by atoms with Crippen molar-refractivity contribution < 1.29 is 18.7 Å². The number of anilines is 1. The molecular weight excluding hydrogens is 228 g/mol. The normalized spacial score (nSPS) is 14.9. The van der Waals surface area contributed by atoms with Gasteiger partial charge in [-0.25, -0.2) is 4.79 Å². The SMILES string of the molecule is CCN1CCc2cc(C(F)(F)C(=O)O)ccc21. The van der Waals surface area contributed by atoms with E-state index in [1.54, 1.807) is 6.07 Å². The van der Waals surface area contributed by atoms with Gasteiger partial charge in [-0.15, -0.1) is 0 Å². The predicted octanol–water partition coefficient (Wildman–Crippen LogP) is 2.25. The van der Waals surface area contributed by atoms with E-state index >= 15 is 0 Å². The maximum absolute atomic E-state index is 13.3. The van der Waals surface area contributed by atoms with Crippen LogP contribution in [0, 0.1) is 0 Å². The smallest absolute Gasteiger partial charge is 0.379 e. The Morgan fingerprint density at radius 1 is 1.53 bits per heavy atom. The fourth-order valence-corrected chi connectivity index (χ4v) is 2.12. The fraction of sp³-hybridized carbons (Fsp3) is 0.417. The number of carbonyl (C=O) groups is 1. The standard InChI is InChI=1S/C12H13F2NO2/c1-2-15-6-5-8-7-9(3-4-10(8)15)12(13,14)11(16)17/h3-4,7H,2,5-6H2,1H3,(H,16,17). The first-order valence-corrected chi connectivity index (χ1v) is 5.46. The second-order valence-electron chi connectivity index (χ2n) is 4.05. The third kappa shape index (κ3) is 1.85. The fourth-order valence-electron chi connectivity index (χ4n) is 2.12. The number of alkyl halides is 2. The monoisotopic (exact) mass is 241 g/mol. The first kappa shape index (κ1) is 11.8. The number of likely N-dealkylation sites (N-methyl/N-ethyl adjacent to an activating group) is 1. The van der Waals surface area contributed by atoms with Crippen molar-refractivity contribution in [2.24, 2.45) is 0 Å². The highest BCUT2D eigenvalue weighted by atomic mass is 19.3. The Morgan fingerprint density at radius 3 is 2.82 bits per heavy atom. The van der Waals surface area contributed by atoms with E-state index in [4.69, 9.17) is 5.11 Å². The van der Waals surface area contributed by atoms with Crippen LogP contribution >= 0.6 is 0 Å². The molecule has 3 nitrogen and oxygen atoms in total. The van der Waals surface area contributed by atoms with Crippen molar-refractivity contribution in [3.05, 3.63) is 29.3 Å². The summed E-state index contributed by atoms with van der Waals surface area (Å²) < 4.78 is 26.6. The molecule has 17 heavy (non-hydrogen) atoms. The van der Waals surface area contributed by atoms with E-state index in [0.717, 1.165) is 24.3 Å². The minimum Gasteiger partial charge on any atom is -0.477 e. The van der Waals surface area contributed by atoms with Crippen LogP contribution in [0.2, 0.25) is 0 Å². The number of carboxylic acids is 1. The number of halogens is 2. The summed E-state index contributed by atoms with van der Waals surface area (Å²) in [6, 6.07) is 4.08. The number of aliphatic carboxylic acids is 1. The van der Waals surface area contributed by atoms with Gasteiger partial charge in [-0.1, -0.05) is 6.07 Å². The highest BCUT2D eigenvalue weighted by Crippen LogP contribution is 2.34. The minimum absolute atomic E-state index is 0.443. The van der Waals surface area contributed by atoms with Crippen molar-refractivity contribution in [3.8, 4) is 0 Å². The summed E-state index contributed by atoms with van der Waals surface area (Å²) >= 11 is 0. The molecule has 0 aliphatic carbocycles. The second-order valence-corrected chi connectivity index (χ2v) is 4.05. The van der Waals surface area contributed by atoms with E-state index in [-0.39, 0.29) is 0 Å². The van der Waals surface area contributed by atoms with E-state index in [0.29, 0.717) is 6.42 Å². The molecule has 0 atom stereocenters. The van der Waals surface area contributed by atoms with Gasteiger partial charge >= 0.3 is 11.9 Å². The molecule has 0 bridgehead atoms. The molecule has 1 aromatic rings. The quantitative estimate of drug-likeness (QED) is 0.882. The lowest BCUT2D eigenvalue weighted by molar-refractivity contribution is -0.166. The van der Waals surface area contributed by atoms with Crippen LogP contribution in [0.3, 0.4) is 0 Å². The molecule has 0 fully saturated rings. The lowest BCUT2D eigenvalue weighted by Crippen LogP contribution is -2.25. The average Bonchev–Trinajstić information content (AvgIpc) is 2.70. The molecule has 0 unspecified atom stereocenters. The maximum Gasteiger partial charge on any atom is 0.379 e. The molecule has 0 spiro atoms. The van der Waals surface area contributed by atoms with Gasteiger partial charge in [0.05, 0.1) is 0 Å². The Hall–Kier alpha value is -1.65. The zero-order valence-electron chi connectivity index (χ0n) is 9.41. The minimum atomic E-state index is -3.81. The van der Waals surface area contributed by atoms with E-state index < -0.39 is 17.5 Å². The van der Waals surface area contributed by atoms with Gasteiger partial charge in [0.25, 0.3) is 0 Å². The number of carboxylic acid groups (broad SMARTS) is 1. The lowest BCUT2D eigenvalue weighted by atomic mass is 10.0. The van der Waals surface area contributed by atoms with Crippen LogP contribution in [-0.2, 0) is 17.1 Å². The molecule has 1 aromatic carbocycles. The van der Waals surface area contributed by atoms with Gasteiger partial charge in [0, 0.05) is 24.3 Å². The summed E-state index contributed by atoms with van der Waals surface area (Å²) in [4.78, 5) is 12.6. The summed E-state index contributed by atoms with van der Waals surface area (Å²) in [6.45, 7) is 3.62. The Kier molecular flexibility index (Phi) is 2.77. The third-order valence-electron chi connectivity index (χ3n) is 3.08. The number of rotatable bonds is 3. The highest BCUT2D eigenvalue weighted by Gasteiger charge is 2.41. The van der Waals surface area contributed by atoms with Crippen LogP contribution in [0.4, 0.5) is 14.5 Å². The summed E-state index contributed by atoms with van der Waals surface area (Å²) in [6.07, 6.45) is 0.687. The van der Waals surface area contributed by atoms with Gasteiger partial charge in [0.2, 0.25) is 0 Å². The molecular formula is C12H13F2NO2. The van der Waals surface area contributed by atoms with Gasteiger partial charge < -0.3 is 10.0 Å². The van der Waals surface area contributed by atoms with E-state index in [9.17, 15) is 13.6 Å². The van der Waals surface area contributed by atoms with Gasteiger partial charge in [-0.2, -0.15) is 8.78 Å². The molecule has 0 saturated heterocycles. The van der Waals surface area contributed by atoms with E-state index in [1.807, 2.05) is 6.92 Å². The summed E-state index contributed by atoms with van der Waals surface area (Å²) in [5.74, 6) is -5.92. The molecule has 1 aliphatic heterocycles. The van der Waals surface area contributed by atoms with Crippen molar-refractivity contribution in [1.29, 1.82) is 0 Å². The van der Waals surface area contributed by atoms with Crippen LogP contribution < -0.4 is 4.90 Å². The molecule has 0 radical (unpaired) electrons. The van der Waals surface area contributed by atoms with Crippen molar-refractivity contribution in [2.45, 2.75) is 19.3 Å². The molecule has 0 amide bonds. The van der Waals surface area contributed by atoms with Crippen LogP contribution in [-0.4, -0.2) is 24.2 Å². The zero-order chi connectivity index (χ0) is 12.6. The first-order chi connectivity index (χ1) is 7.96. The Balaban J connectivity index is 2.39. The van der Waals surface area contributed by atoms with Crippen molar-refractivity contribution in [2.75, 3.05) is 18.0 Å². The molecule has 0 saturated carbocycles. The third-order valence-corrected chi connectivity index (χ3v) is 3.08. The van der Waals surface area contributed by atoms with Gasteiger partial charge in [-0.05, 0) is 31.0 Å². The number of fused-ring (bicyclic) bond motifs is 1. The van der Waals surface area contributed by atoms with Gasteiger partial charge in [0.15, 0.2) is 0 Å².